The minimum Gasteiger partial charge on any atom is -0.466 e. The monoisotopic (exact) mass is 271 g/mol. The zero-order valence-electron chi connectivity index (χ0n) is 11.4. The summed E-state index contributed by atoms with van der Waals surface area (Å²) in [6.45, 7) is 4.64. The predicted molar refractivity (Wildman–Crippen MR) is 66.3 cm³/mol. The molecule has 2 aliphatic heterocycles. The lowest BCUT2D eigenvalue weighted by molar-refractivity contribution is -0.187. The first-order valence-electron chi connectivity index (χ1n) is 6.86. The molecule has 0 aromatic carbocycles. The zero-order chi connectivity index (χ0) is 13.7. The lowest BCUT2D eigenvalue weighted by Crippen LogP contribution is -2.47. The summed E-state index contributed by atoms with van der Waals surface area (Å²) >= 11 is 0. The Balaban J connectivity index is 1.71. The summed E-state index contributed by atoms with van der Waals surface area (Å²) in [4.78, 5) is 24.9. The van der Waals surface area contributed by atoms with E-state index in [1.807, 2.05) is 0 Å². The number of carbonyl (C=O) groups is 2. The summed E-state index contributed by atoms with van der Waals surface area (Å²) in [5.74, 6) is -0.773. The van der Waals surface area contributed by atoms with Crippen LogP contribution in [0.15, 0.2) is 0 Å². The number of piperidine rings is 1. The van der Waals surface area contributed by atoms with Gasteiger partial charge in [-0.3, -0.25) is 9.59 Å². The molecule has 2 fully saturated rings. The summed E-state index contributed by atoms with van der Waals surface area (Å²) in [6, 6.07) is 0. The standard InChI is InChI=1S/C13H21NO5/c1-2-17-12(16)4-3-11(15)14-7-5-13(6-8-14)18-9-10-19-13/h2-10H2,1H3. The molecule has 6 heteroatoms. The molecule has 1 spiro atoms. The van der Waals surface area contributed by atoms with Gasteiger partial charge in [-0.25, -0.2) is 0 Å². The fourth-order valence-corrected chi connectivity index (χ4v) is 2.48. The third kappa shape index (κ3) is 3.67. The van der Waals surface area contributed by atoms with Crippen LogP contribution < -0.4 is 0 Å². The summed E-state index contributed by atoms with van der Waals surface area (Å²) in [7, 11) is 0. The summed E-state index contributed by atoms with van der Waals surface area (Å²) < 4.78 is 16.0. The molecule has 1 amide bonds. The molecule has 0 radical (unpaired) electrons. The second-order valence-corrected chi connectivity index (χ2v) is 4.79. The van der Waals surface area contributed by atoms with Crippen molar-refractivity contribution in [2.45, 2.75) is 38.4 Å². The van der Waals surface area contributed by atoms with E-state index in [-0.39, 0.29) is 24.7 Å². The number of likely N-dealkylation sites (tertiary alicyclic amines) is 1. The Bertz CT molecular complexity index is 328. The summed E-state index contributed by atoms with van der Waals surface area (Å²) in [6.07, 6.45) is 1.78. The van der Waals surface area contributed by atoms with Crippen molar-refractivity contribution in [1.82, 2.24) is 4.90 Å². The molecular weight excluding hydrogens is 250 g/mol. The van der Waals surface area contributed by atoms with Gasteiger partial charge < -0.3 is 19.1 Å². The summed E-state index contributed by atoms with van der Waals surface area (Å²) in [5, 5.41) is 0. The van der Waals surface area contributed by atoms with Crippen LogP contribution in [0.25, 0.3) is 0 Å². The topological polar surface area (TPSA) is 65.1 Å². The molecule has 6 nitrogen and oxygen atoms in total. The van der Waals surface area contributed by atoms with Gasteiger partial charge in [-0.05, 0) is 6.92 Å². The first-order chi connectivity index (χ1) is 9.15. The van der Waals surface area contributed by atoms with E-state index in [0.717, 1.165) is 0 Å². The number of amides is 1. The second kappa shape index (κ2) is 6.34. The largest absolute Gasteiger partial charge is 0.466 e. The van der Waals surface area contributed by atoms with Gasteiger partial charge in [0.05, 0.1) is 26.2 Å². The normalized spacial score (nSPS) is 21.6. The van der Waals surface area contributed by atoms with Gasteiger partial charge in [0.25, 0.3) is 0 Å². The highest BCUT2D eigenvalue weighted by Crippen LogP contribution is 2.31. The van der Waals surface area contributed by atoms with Crippen molar-refractivity contribution in [1.29, 1.82) is 0 Å². The van der Waals surface area contributed by atoms with Crippen molar-refractivity contribution in [3.8, 4) is 0 Å². The molecule has 2 heterocycles. The van der Waals surface area contributed by atoms with Crippen molar-refractivity contribution in [3.63, 3.8) is 0 Å². The van der Waals surface area contributed by atoms with Gasteiger partial charge in [-0.2, -0.15) is 0 Å². The molecule has 108 valence electrons. The van der Waals surface area contributed by atoms with Crippen LogP contribution >= 0.6 is 0 Å². The Morgan fingerprint density at radius 2 is 1.79 bits per heavy atom. The Morgan fingerprint density at radius 3 is 2.37 bits per heavy atom. The number of esters is 1. The maximum Gasteiger partial charge on any atom is 0.306 e. The van der Waals surface area contributed by atoms with Crippen LogP contribution in [0.1, 0.15) is 32.6 Å². The SMILES string of the molecule is CCOC(=O)CCC(=O)N1CCC2(CC1)OCCO2. The van der Waals surface area contributed by atoms with Crippen LogP contribution in [0.5, 0.6) is 0 Å². The van der Waals surface area contributed by atoms with Gasteiger partial charge in [0.15, 0.2) is 5.79 Å². The van der Waals surface area contributed by atoms with E-state index < -0.39 is 5.79 Å². The van der Waals surface area contributed by atoms with Crippen molar-refractivity contribution < 1.29 is 23.8 Å². The first-order valence-corrected chi connectivity index (χ1v) is 6.86. The summed E-state index contributed by atoms with van der Waals surface area (Å²) in [5.41, 5.74) is 0. The minimum absolute atomic E-state index is 0.000833. The van der Waals surface area contributed by atoms with Gasteiger partial charge in [-0.15, -0.1) is 0 Å². The van der Waals surface area contributed by atoms with E-state index in [2.05, 4.69) is 0 Å². The molecule has 0 bridgehead atoms. The molecule has 0 unspecified atom stereocenters. The minimum atomic E-state index is -0.460. The number of hydrogen-bond acceptors (Lipinski definition) is 5. The van der Waals surface area contributed by atoms with E-state index in [1.165, 1.54) is 0 Å². The van der Waals surface area contributed by atoms with E-state index in [4.69, 9.17) is 14.2 Å². The van der Waals surface area contributed by atoms with Gasteiger partial charge in [-0.1, -0.05) is 0 Å². The maximum absolute atomic E-state index is 11.9. The Hall–Kier alpha value is -1.14. The number of nitrogens with zero attached hydrogens (tertiary/aromatic N) is 1. The zero-order valence-corrected chi connectivity index (χ0v) is 11.4. The fraction of sp³-hybridized carbons (Fsp3) is 0.846. The maximum atomic E-state index is 11.9. The highest BCUT2D eigenvalue weighted by molar-refractivity contribution is 5.81. The van der Waals surface area contributed by atoms with Crippen LogP contribution in [0, 0.1) is 0 Å². The van der Waals surface area contributed by atoms with Gasteiger partial charge >= 0.3 is 5.97 Å². The van der Waals surface area contributed by atoms with Gasteiger partial charge in [0.2, 0.25) is 5.91 Å². The molecule has 0 aromatic heterocycles. The molecule has 0 N–H and O–H groups in total. The molecule has 0 aromatic rings. The predicted octanol–water partition coefficient (Wildman–Crippen LogP) is 0.695. The number of ether oxygens (including phenoxy) is 3. The van der Waals surface area contributed by atoms with Gasteiger partial charge in [0, 0.05) is 32.4 Å². The first kappa shape index (κ1) is 14.3. The Labute approximate surface area is 113 Å². The molecule has 2 saturated heterocycles. The third-order valence-corrected chi connectivity index (χ3v) is 3.54. The van der Waals surface area contributed by atoms with Crippen molar-refractivity contribution >= 4 is 11.9 Å². The highest BCUT2D eigenvalue weighted by atomic mass is 16.7. The lowest BCUT2D eigenvalue weighted by atomic mass is 10.0. The van der Waals surface area contributed by atoms with E-state index in [1.54, 1.807) is 11.8 Å². The van der Waals surface area contributed by atoms with Crippen LogP contribution in [0.4, 0.5) is 0 Å². The Morgan fingerprint density at radius 1 is 1.16 bits per heavy atom. The van der Waals surface area contributed by atoms with Crippen molar-refractivity contribution in [2.75, 3.05) is 32.9 Å². The third-order valence-electron chi connectivity index (χ3n) is 3.54. The van der Waals surface area contributed by atoms with Crippen molar-refractivity contribution in [3.05, 3.63) is 0 Å². The molecule has 2 aliphatic rings. The van der Waals surface area contributed by atoms with E-state index in [9.17, 15) is 9.59 Å². The van der Waals surface area contributed by atoms with Crippen molar-refractivity contribution in [2.24, 2.45) is 0 Å². The average Bonchev–Trinajstić information content (AvgIpc) is 2.86. The van der Waals surface area contributed by atoms with E-state index >= 15 is 0 Å². The molecule has 2 rings (SSSR count). The highest BCUT2D eigenvalue weighted by Gasteiger charge is 2.40. The van der Waals surface area contributed by atoms with Crippen LogP contribution in [-0.2, 0) is 23.8 Å². The molecule has 0 aliphatic carbocycles. The van der Waals surface area contributed by atoms with E-state index in [0.29, 0.717) is 45.8 Å². The number of carbonyl (C=O) groups excluding carboxylic acids is 2. The number of hydrogen-bond donors (Lipinski definition) is 0. The molecule has 0 saturated carbocycles. The van der Waals surface area contributed by atoms with Gasteiger partial charge in [0.1, 0.15) is 0 Å². The lowest BCUT2D eigenvalue weighted by Gasteiger charge is -2.37. The van der Waals surface area contributed by atoms with Crippen LogP contribution in [0.2, 0.25) is 0 Å². The molecular formula is C13H21NO5. The van der Waals surface area contributed by atoms with Crippen LogP contribution in [0.3, 0.4) is 0 Å². The molecule has 0 atom stereocenters. The second-order valence-electron chi connectivity index (χ2n) is 4.79. The smallest absolute Gasteiger partial charge is 0.306 e. The molecule has 19 heavy (non-hydrogen) atoms. The fourth-order valence-electron chi connectivity index (χ4n) is 2.48. The quantitative estimate of drug-likeness (QED) is 0.704. The Kier molecular flexibility index (Phi) is 4.76. The average molecular weight is 271 g/mol. The van der Waals surface area contributed by atoms with Crippen LogP contribution in [-0.4, -0.2) is 55.5 Å². The number of rotatable bonds is 4.